The number of rotatable bonds is 5. The van der Waals surface area contributed by atoms with E-state index in [1.165, 1.54) is 0 Å². The second kappa shape index (κ2) is 8.25. The largest absolute Gasteiger partial charge is 0.288 e. The van der Waals surface area contributed by atoms with Crippen molar-refractivity contribution in [1.82, 2.24) is 4.90 Å². The molecular weight excluding hydrogens is 294 g/mol. The molecule has 2 N–H and O–H groups in total. The molecule has 0 radical (unpaired) electrons. The summed E-state index contributed by atoms with van der Waals surface area (Å²) in [5.74, 6) is 0.704. The summed E-state index contributed by atoms with van der Waals surface area (Å²) in [5, 5.41) is 19.1. The van der Waals surface area contributed by atoms with Crippen molar-refractivity contribution in [3.63, 3.8) is 0 Å². The topological polar surface area (TPSA) is 50.9 Å². The predicted octanol–water partition coefficient (Wildman–Crippen LogP) is 5.72. The lowest BCUT2D eigenvalue weighted by Crippen LogP contribution is -2.34. The van der Waals surface area contributed by atoms with E-state index in [4.69, 9.17) is 10.8 Å². The Hall–Kier alpha value is -2.68. The minimum Gasteiger partial charge on any atom is -0.288 e. The van der Waals surface area contributed by atoms with Crippen LogP contribution in [0, 0.1) is 10.8 Å². The second-order valence-corrected chi connectivity index (χ2v) is 5.71. The van der Waals surface area contributed by atoms with Crippen molar-refractivity contribution in [2.24, 2.45) is 0 Å². The maximum absolute atomic E-state index is 8.66. The van der Waals surface area contributed by atoms with Gasteiger partial charge in [0, 0.05) is 17.7 Å². The zero-order valence-electron chi connectivity index (χ0n) is 14.6. The van der Waals surface area contributed by atoms with Crippen LogP contribution < -0.4 is 0 Å². The van der Waals surface area contributed by atoms with Crippen LogP contribution >= 0.6 is 0 Å². The van der Waals surface area contributed by atoms with E-state index in [2.05, 4.69) is 31.2 Å². The highest BCUT2D eigenvalue weighted by atomic mass is 15.2. The smallest absolute Gasteiger partial charge is 0.137 e. The number of fused-ring (bicyclic) bond motifs is 1. The molecule has 0 aliphatic heterocycles. The van der Waals surface area contributed by atoms with Gasteiger partial charge in [-0.15, -0.1) is 0 Å². The van der Waals surface area contributed by atoms with Gasteiger partial charge in [0.1, 0.15) is 11.7 Å². The van der Waals surface area contributed by atoms with E-state index >= 15 is 0 Å². The Kier molecular flexibility index (Phi) is 6.07. The molecule has 0 fully saturated rings. The summed E-state index contributed by atoms with van der Waals surface area (Å²) in [4.78, 5) is 1.73. The van der Waals surface area contributed by atoms with Crippen molar-refractivity contribution >= 4 is 22.4 Å². The van der Waals surface area contributed by atoms with Crippen LogP contribution in [0.2, 0.25) is 0 Å². The number of amidine groups is 2. The summed E-state index contributed by atoms with van der Waals surface area (Å²) in [5.41, 5.74) is 1.80. The molecule has 0 heterocycles. The fraction of sp³-hybridized carbons (Fsp3) is 0.238. The quantitative estimate of drug-likeness (QED) is 0.413. The molecule has 24 heavy (non-hydrogen) atoms. The Balaban J connectivity index is 2.43. The molecule has 0 bridgehead atoms. The van der Waals surface area contributed by atoms with Crippen LogP contribution in [0.5, 0.6) is 0 Å². The minimum atomic E-state index is 0.345. The summed E-state index contributed by atoms with van der Waals surface area (Å²) in [6, 6.07) is 14.1. The maximum Gasteiger partial charge on any atom is 0.137 e. The molecule has 0 aromatic heterocycles. The first-order chi connectivity index (χ1) is 11.6. The highest BCUT2D eigenvalue weighted by Crippen LogP contribution is 2.20. The third-order valence-electron chi connectivity index (χ3n) is 3.87. The van der Waals surface area contributed by atoms with Crippen molar-refractivity contribution in [3.05, 3.63) is 72.0 Å². The van der Waals surface area contributed by atoms with Crippen LogP contribution in [0.1, 0.15) is 39.2 Å². The molecule has 3 heteroatoms. The Labute approximate surface area is 144 Å². The molecule has 0 saturated heterocycles. The number of nitrogens with one attached hydrogen (secondary N) is 2. The summed E-state index contributed by atoms with van der Waals surface area (Å²) >= 11 is 0. The predicted molar refractivity (Wildman–Crippen MR) is 104 cm³/mol. The lowest BCUT2D eigenvalue weighted by atomic mass is 10.1. The number of hydrogen-bond acceptors (Lipinski definition) is 2. The normalized spacial score (nSPS) is 11.9. The van der Waals surface area contributed by atoms with Crippen LogP contribution in [0.25, 0.3) is 10.8 Å². The first-order valence-corrected chi connectivity index (χ1v) is 8.31. The van der Waals surface area contributed by atoms with Crippen molar-refractivity contribution in [1.29, 1.82) is 10.8 Å². The molecule has 0 amide bonds. The third kappa shape index (κ3) is 3.99. The average Bonchev–Trinajstić information content (AvgIpc) is 2.59. The highest BCUT2D eigenvalue weighted by Gasteiger charge is 2.18. The van der Waals surface area contributed by atoms with E-state index in [9.17, 15) is 0 Å². The van der Waals surface area contributed by atoms with Crippen LogP contribution in [-0.4, -0.2) is 16.6 Å². The lowest BCUT2D eigenvalue weighted by Gasteiger charge is -2.26. The molecule has 0 unspecified atom stereocenters. The monoisotopic (exact) mass is 319 g/mol. The van der Waals surface area contributed by atoms with Crippen molar-refractivity contribution < 1.29 is 0 Å². The van der Waals surface area contributed by atoms with Crippen molar-refractivity contribution in [3.8, 4) is 0 Å². The van der Waals surface area contributed by atoms with E-state index in [-0.39, 0.29) is 0 Å². The summed E-state index contributed by atoms with van der Waals surface area (Å²) in [6.45, 7) is 5.79. The van der Waals surface area contributed by atoms with Gasteiger partial charge in [0.25, 0.3) is 0 Å². The average molecular weight is 319 g/mol. The molecule has 0 atom stereocenters. The van der Waals surface area contributed by atoms with Gasteiger partial charge in [0.05, 0.1) is 0 Å². The van der Waals surface area contributed by atoms with Crippen LogP contribution in [-0.2, 0) is 0 Å². The van der Waals surface area contributed by atoms with E-state index < -0.39 is 0 Å². The fourth-order valence-corrected chi connectivity index (χ4v) is 2.73. The first kappa shape index (κ1) is 17.7. The summed E-state index contributed by atoms with van der Waals surface area (Å²) in [6.07, 6.45) is 7.75. The van der Waals surface area contributed by atoms with E-state index in [1.54, 1.807) is 11.8 Å². The molecule has 0 spiro atoms. The van der Waals surface area contributed by atoms with Crippen molar-refractivity contribution in [2.45, 2.75) is 33.6 Å². The highest BCUT2D eigenvalue weighted by molar-refractivity contribution is 6.09. The zero-order valence-corrected chi connectivity index (χ0v) is 14.6. The SMILES string of the molecule is C/C=C\C/C(=C\CC)N(C(C)=N)C(=N)c1ccc2ccccc2c1. The molecule has 2 rings (SSSR count). The van der Waals surface area contributed by atoms with Gasteiger partial charge in [-0.3, -0.25) is 15.7 Å². The third-order valence-corrected chi connectivity index (χ3v) is 3.87. The number of allylic oxidation sites excluding steroid dienone is 3. The first-order valence-electron chi connectivity index (χ1n) is 8.31. The molecule has 3 nitrogen and oxygen atoms in total. The van der Waals surface area contributed by atoms with Gasteiger partial charge < -0.3 is 0 Å². The number of nitrogens with zero attached hydrogens (tertiary/aromatic N) is 1. The number of hydrogen-bond donors (Lipinski definition) is 2. The molecule has 0 aliphatic rings. The molecule has 0 aliphatic carbocycles. The van der Waals surface area contributed by atoms with E-state index in [1.807, 2.05) is 43.3 Å². The molecule has 2 aromatic carbocycles. The Morgan fingerprint density at radius 1 is 1.08 bits per heavy atom. The van der Waals surface area contributed by atoms with E-state index in [0.29, 0.717) is 11.7 Å². The fourth-order valence-electron chi connectivity index (χ4n) is 2.73. The maximum atomic E-state index is 8.66. The van der Waals surface area contributed by atoms with Gasteiger partial charge in [-0.1, -0.05) is 61.5 Å². The van der Waals surface area contributed by atoms with Gasteiger partial charge in [-0.25, -0.2) is 0 Å². The van der Waals surface area contributed by atoms with Crippen LogP contribution in [0.3, 0.4) is 0 Å². The minimum absolute atomic E-state index is 0.345. The summed E-state index contributed by atoms with van der Waals surface area (Å²) in [7, 11) is 0. The van der Waals surface area contributed by atoms with Crippen LogP contribution in [0.4, 0.5) is 0 Å². The van der Waals surface area contributed by atoms with Gasteiger partial charge in [-0.2, -0.15) is 0 Å². The standard InChI is InChI=1S/C21H25N3/c1-4-6-12-20(9-5-2)24(16(3)22)21(23)19-14-13-17-10-7-8-11-18(17)15-19/h4,6-11,13-15,22-23H,5,12H2,1-3H3/b6-4-,20-9+,22-16?,23-21?. The molecule has 0 saturated carbocycles. The number of benzene rings is 2. The molecular formula is C21H25N3. The Morgan fingerprint density at radius 3 is 2.42 bits per heavy atom. The van der Waals surface area contributed by atoms with Crippen LogP contribution in [0.15, 0.2) is 66.4 Å². The van der Waals surface area contributed by atoms with Gasteiger partial charge in [0.2, 0.25) is 0 Å². The van der Waals surface area contributed by atoms with Crippen molar-refractivity contribution in [2.75, 3.05) is 0 Å². The second-order valence-electron chi connectivity index (χ2n) is 5.71. The lowest BCUT2D eigenvalue weighted by molar-refractivity contribution is 0.702. The van der Waals surface area contributed by atoms with Gasteiger partial charge in [-0.05, 0) is 37.1 Å². The van der Waals surface area contributed by atoms with Gasteiger partial charge in [0.15, 0.2) is 0 Å². The Morgan fingerprint density at radius 2 is 1.79 bits per heavy atom. The van der Waals surface area contributed by atoms with Gasteiger partial charge >= 0.3 is 0 Å². The molecule has 2 aromatic rings. The zero-order chi connectivity index (χ0) is 17.5. The summed E-state index contributed by atoms with van der Waals surface area (Å²) < 4.78 is 0. The Bertz CT molecular complexity index is 800. The van der Waals surface area contributed by atoms with E-state index in [0.717, 1.165) is 34.9 Å². The molecule has 124 valence electrons.